The number of alkyl halides is 3. The third-order valence-electron chi connectivity index (χ3n) is 5.74. The minimum absolute atomic E-state index is 0.0290. The lowest BCUT2D eigenvalue weighted by Crippen LogP contribution is -2.43. The molecule has 0 aromatic heterocycles. The Bertz CT molecular complexity index is 980. The Labute approximate surface area is 172 Å². The van der Waals surface area contributed by atoms with Gasteiger partial charge in [-0.2, -0.15) is 13.2 Å². The maximum atomic E-state index is 13.0. The molecule has 2 aliphatic rings. The summed E-state index contributed by atoms with van der Waals surface area (Å²) in [6.45, 7) is 1.28. The summed E-state index contributed by atoms with van der Waals surface area (Å²) < 4.78 is 38.8. The van der Waals surface area contributed by atoms with Crippen LogP contribution in [0.15, 0.2) is 36.4 Å². The van der Waals surface area contributed by atoms with Gasteiger partial charge in [-0.3, -0.25) is 9.59 Å². The summed E-state index contributed by atoms with van der Waals surface area (Å²) in [5.74, 6) is -0.345. The van der Waals surface area contributed by atoms with Crippen LogP contribution in [0.5, 0.6) is 0 Å². The van der Waals surface area contributed by atoms with E-state index in [0.717, 1.165) is 37.1 Å². The van der Waals surface area contributed by atoms with Crippen LogP contribution >= 0.6 is 0 Å². The largest absolute Gasteiger partial charge is 0.416 e. The monoisotopic (exact) mass is 417 g/mol. The Morgan fingerprint density at radius 3 is 2.50 bits per heavy atom. The number of hydrogen-bond donors (Lipinski definition) is 2. The number of fused-ring (bicyclic) bond motifs is 1. The van der Waals surface area contributed by atoms with Crippen molar-refractivity contribution in [2.24, 2.45) is 0 Å². The van der Waals surface area contributed by atoms with Crippen molar-refractivity contribution in [1.29, 1.82) is 0 Å². The first kappa shape index (κ1) is 20.4. The molecule has 8 heteroatoms. The van der Waals surface area contributed by atoms with E-state index in [-0.39, 0.29) is 17.9 Å². The van der Waals surface area contributed by atoms with Crippen LogP contribution in [-0.4, -0.2) is 38.0 Å². The van der Waals surface area contributed by atoms with Crippen LogP contribution in [0.2, 0.25) is 0 Å². The molecule has 2 aromatic rings. The average Bonchev–Trinajstić information content (AvgIpc) is 3.41. The molecule has 158 valence electrons. The number of nitrogens with zero attached hydrogens (tertiary/aromatic N) is 1. The maximum absolute atomic E-state index is 13.0. The Morgan fingerprint density at radius 2 is 1.90 bits per heavy atom. The second-order valence-corrected chi connectivity index (χ2v) is 7.56. The Morgan fingerprint density at radius 1 is 1.17 bits per heavy atom. The smallest absolute Gasteiger partial charge is 0.355 e. The van der Waals surface area contributed by atoms with E-state index in [9.17, 15) is 22.8 Å². The summed E-state index contributed by atoms with van der Waals surface area (Å²) >= 11 is 0. The van der Waals surface area contributed by atoms with Gasteiger partial charge in [-0.25, -0.2) is 0 Å². The van der Waals surface area contributed by atoms with Gasteiger partial charge in [0, 0.05) is 24.8 Å². The van der Waals surface area contributed by atoms with Crippen molar-refractivity contribution >= 4 is 17.5 Å². The van der Waals surface area contributed by atoms with Crippen LogP contribution in [0.3, 0.4) is 0 Å². The molecule has 1 atom stereocenters. The van der Waals surface area contributed by atoms with Crippen LogP contribution in [0.4, 0.5) is 18.9 Å². The van der Waals surface area contributed by atoms with Crippen LogP contribution in [0, 0.1) is 0 Å². The van der Waals surface area contributed by atoms with Crippen molar-refractivity contribution in [3.63, 3.8) is 0 Å². The van der Waals surface area contributed by atoms with Gasteiger partial charge in [-0.1, -0.05) is 12.1 Å². The fourth-order valence-electron chi connectivity index (χ4n) is 4.19. The normalized spacial score (nSPS) is 18.4. The van der Waals surface area contributed by atoms with Gasteiger partial charge in [0.1, 0.15) is 0 Å². The van der Waals surface area contributed by atoms with E-state index in [1.54, 1.807) is 17.0 Å². The predicted molar refractivity (Wildman–Crippen MR) is 107 cm³/mol. The predicted octanol–water partition coefficient (Wildman–Crippen LogP) is 3.37. The molecule has 0 saturated carbocycles. The van der Waals surface area contributed by atoms with E-state index in [1.165, 1.54) is 19.2 Å². The average molecular weight is 417 g/mol. The topological polar surface area (TPSA) is 61.4 Å². The molecule has 1 saturated heterocycles. The third-order valence-corrected chi connectivity index (χ3v) is 5.74. The summed E-state index contributed by atoms with van der Waals surface area (Å²) in [6.07, 6.45) is -2.13. The van der Waals surface area contributed by atoms with Crippen LogP contribution in [0.25, 0.3) is 11.1 Å². The first-order valence-electron chi connectivity index (χ1n) is 9.91. The standard InChI is InChI=1S/C22H22F3N3O2/c1-26-20(29)14-11-17(13-4-6-15(7-5-13)22(23,24)25)16-8-10-28(19(16)12-14)21(30)18-3-2-9-27-18/h4-7,11-12,18,27H,2-3,8-10H2,1H3,(H,26,29)/t18-/m0/s1. The number of amides is 2. The number of hydrogen-bond acceptors (Lipinski definition) is 3. The quantitative estimate of drug-likeness (QED) is 0.805. The Hall–Kier alpha value is -2.87. The van der Waals surface area contributed by atoms with Crippen LogP contribution in [0.1, 0.15) is 34.3 Å². The number of carbonyl (C=O) groups is 2. The maximum Gasteiger partial charge on any atom is 0.416 e. The molecule has 0 radical (unpaired) electrons. The molecule has 2 aromatic carbocycles. The molecule has 4 rings (SSSR count). The van der Waals surface area contributed by atoms with E-state index < -0.39 is 11.7 Å². The highest BCUT2D eigenvalue weighted by Gasteiger charge is 2.34. The van der Waals surface area contributed by atoms with Gasteiger partial charge < -0.3 is 15.5 Å². The number of rotatable bonds is 3. The van der Waals surface area contributed by atoms with Crippen LogP contribution < -0.4 is 15.5 Å². The molecule has 1 fully saturated rings. The van der Waals surface area contributed by atoms with Gasteiger partial charge in [0.15, 0.2) is 0 Å². The molecule has 2 heterocycles. The van der Waals surface area contributed by atoms with Gasteiger partial charge >= 0.3 is 6.18 Å². The lowest BCUT2D eigenvalue weighted by atomic mass is 9.94. The molecule has 0 bridgehead atoms. The number of nitrogens with one attached hydrogen (secondary N) is 2. The molecule has 5 nitrogen and oxygen atoms in total. The lowest BCUT2D eigenvalue weighted by Gasteiger charge is -2.22. The Kier molecular flexibility index (Phi) is 5.27. The second kappa shape index (κ2) is 7.75. The summed E-state index contributed by atoms with van der Waals surface area (Å²) in [4.78, 5) is 27.0. The van der Waals surface area contributed by atoms with Crippen molar-refractivity contribution in [2.75, 3.05) is 25.0 Å². The van der Waals surface area contributed by atoms with Crippen molar-refractivity contribution in [1.82, 2.24) is 10.6 Å². The number of halogens is 3. The SMILES string of the molecule is CNC(=O)c1cc(-c2ccc(C(F)(F)F)cc2)c2c(c1)N(C(=O)[C@@H]1CCCN1)CC2. The summed E-state index contributed by atoms with van der Waals surface area (Å²) in [5, 5.41) is 5.78. The second-order valence-electron chi connectivity index (χ2n) is 7.56. The summed E-state index contributed by atoms with van der Waals surface area (Å²) in [5.41, 5.74) is 2.42. The zero-order chi connectivity index (χ0) is 21.5. The van der Waals surface area contributed by atoms with E-state index >= 15 is 0 Å². The first-order chi connectivity index (χ1) is 14.3. The molecule has 0 spiro atoms. The van der Waals surface area contributed by atoms with Crippen molar-refractivity contribution < 1.29 is 22.8 Å². The molecule has 2 aliphatic heterocycles. The van der Waals surface area contributed by atoms with Gasteiger partial charge in [-0.15, -0.1) is 0 Å². The van der Waals surface area contributed by atoms with Gasteiger partial charge in [-0.05, 0) is 66.8 Å². The molecular formula is C22H22F3N3O2. The first-order valence-corrected chi connectivity index (χ1v) is 9.91. The van der Waals surface area contributed by atoms with E-state index in [1.807, 2.05) is 0 Å². The highest BCUT2D eigenvalue weighted by molar-refractivity contribution is 6.03. The van der Waals surface area contributed by atoms with Gasteiger partial charge in [0.05, 0.1) is 11.6 Å². The highest BCUT2D eigenvalue weighted by atomic mass is 19.4. The van der Waals surface area contributed by atoms with Gasteiger partial charge in [0.25, 0.3) is 5.91 Å². The summed E-state index contributed by atoms with van der Waals surface area (Å²) in [6, 6.07) is 8.03. The van der Waals surface area contributed by atoms with Gasteiger partial charge in [0.2, 0.25) is 5.91 Å². The Balaban J connectivity index is 1.78. The van der Waals surface area contributed by atoms with Crippen LogP contribution in [-0.2, 0) is 17.4 Å². The molecular weight excluding hydrogens is 395 g/mol. The molecule has 2 N–H and O–H groups in total. The van der Waals surface area contributed by atoms with Crippen molar-refractivity contribution in [2.45, 2.75) is 31.5 Å². The zero-order valence-electron chi connectivity index (χ0n) is 16.5. The van der Waals surface area contributed by atoms with E-state index in [4.69, 9.17) is 0 Å². The zero-order valence-corrected chi connectivity index (χ0v) is 16.5. The van der Waals surface area contributed by atoms with Crippen molar-refractivity contribution in [3.05, 3.63) is 53.1 Å². The molecule has 0 unspecified atom stereocenters. The number of carbonyl (C=O) groups excluding carboxylic acids is 2. The number of benzene rings is 2. The highest BCUT2D eigenvalue weighted by Crippen LogP contribution is 2.39. The van der Waals surface area contributed by atoms with E-state index in [0.29, 0.717) is 35.3 Å². The minimum Gasteiger partial charge on any atom is -0.355 e. The minimum atomic E-state index is -4.41. The molecule has 2 amide bonds. The number of anilines is 1. The fourth-order valence-corrected chi connectivity index (χ4v) is 4.19. The van der Waals surface area contributed by atoms with E-state index in [2.05, 4.69) is 10.6 Å². The third kappa shape index (κ3) is 3.67. The lowest BCUT2D eigenvalue weighted by molar-refractivity contribution is -0.137. The van der Waals surface area contributed by atoms with Crippen molar-refractivity contribution in [3.8, 4) is 11.1 Å². The summed E-state index contributed by atoms with van der Waals surface area (Å²) in [7, 11) is 1.51. The molecule has 30 heavy (non-hydrogen) atoms. The fraction of sp³-hybridized carbons (Fsp3) is 0.364. The molecule has 0 aliphatic carbocycles.